The number of hydrogen-bond acceptors (Lipinski definition) is 0. The summed E-state index contributed by atoms with van der Waals surface area (Å²) >= 11 is 0. The van der Waals surface area contributed by atoms with E-state index in [0.717, 1.165) is 18.2 Å². The maximum Gasteiger partial charge on any atom is 0.416 e. The predicted octanol–water partition coefficient (Wildman–Crippen LogP) is 4.49. The van der Waals surface area contributed by atoms with Gasteiger partial charge in [0.15, 0.2) is 0 Å². The molecule has 0 N–H and O–H groups in total. The Morgan fingerprint density at radius 2 is 1.68 bits per heavy atom. The van der Waals surface area contributed by atoms with Crippen LogP contribution in [0.25, 0.3) is 11.1 Å². The van der Waals surface area contributed by atoms with Crippen LogP contribution in [0.3, 0.4) is 0 Å². The van der Waals surface area contributed by atoms with Crippen LogP contribution >= 0.6 is 0 Å². The van der Waals surface area contributed by atoms with E-state index in [2.05, 4.69) is 5.92 Å². The van der Waals surface area contributed by atoms with Gasteiger partial charge in [0.05, 0.1) is 5.56 Å². The molecule has 4 heteroatoms. The van der Waals surface area contributed by atoms with Crippen molar-refractivity contribution in [3.8, 4) is 23.5 Å². The van der Waals surface area contributed by atoms with Crippen molar-refractivity contribution in [1.82, 2.24) is 0 Å². The Kier molecular flexibility index (Phi) is 3.30. The zero-order chi connectivity index (χ0) is 14.0. The summed E-state index contributed by atoms with van der Waals surface area (Å²) in [6.45, 7) is 0. The highest BCUT2D eigenvalue weighted by molar-refractivity contribution is 5.66. The standard InChI is InChI=1S/C15H8F4/c1-2-10-6-12(8-13(7-10)15(17,18)19)11-4-3-5-14(16)9-11/h1,3-9H. The Hall–Kier alpha value is -2.28. The maximum atomic E-state index is 13.1. The number of terminal acetylenes is 1. The third-order valence-corrected chi connectivity index (χ3v) is 2.58. The molecular weight excluding hydrogens is 256 g/mol. The molecule has 0 aromatic heterocycles. The average Bonchev–Trinajstić information content (AvgIpc) is 2.37. The monoisotopic (exact) mass is 264 g/mol. The van der Waals surface area contributed by atoms with E-state index in [1.807, 2.05) is 0 Å². The van der Waals surface area contributed by atoms with Crippen LogP contribution in [0.5, 0.6) is 0 Å². The number of hydrogen-bond donors (Lipinski definition) is 0. The van der Waals surface area contributed by atoms with Crippen molar-refractivity contribution in [3.63, 3.8) is 0 Å². The van der Waals surface area contributed by atoms with E-state index in [1.54, 1.807) is 0 Å². The third-order valence-electron chi connectivity index (χ3n) is 2.58. The molecule has 0 amide bonds. The molecule has 0 bridgehead atoms. The van der Waals surface area contributed by atoms with Crippen LogP contribution in [0.2, 0.25) is 0 Å². The summed E-state index contributed by atoms with van der Waals surface area (Å²) in [6.07, 6.45) is 0.656. The molecule has 0 atom stereocenters. The normalized spacial score (nSPS) is 11.1. The highest BCUT2D eigenvalue weighted by atomic mass is 19.4. The van der Waals surface area contributed by atoms with Gasteiger partial charge in [-0.25, -0.2) is 4.39 Å². The molecule has 0 aliphatic carbocycles. The van der Waals surface area contributed by atoms with E-state index in [1.165, 1.54) is 24.3 Å². The summed E-state index contributed by atoms with van der Waals surface area (Å²) in [6, 6.07) is 8.61. The van der Waals surface area contributed by atoms with Crippen molar-refractivity contribution in [2.24, 2.45) is 0 Å². The van der Waals surface area contributed by atoms with Crippen molar-refractivity contribution < 1.29 is 17.6 Å². The molecule has 0 saturated heterocycles. The molecule has 2 aromatic rings. The molecule has 96 valence electrons. The number of benzene rings is 2. The van der Waals surface area contributed by atoms with Gasteiger partial charge in [0.2, 0.25) is 0 Å². The smallest absolute Gasteiger partial charge is 0.207 e. The Bertz CT molecular complexity index is 648. The van der Waals surface area contributed by atoms with E-state index >= 15 is 0 Å². The van der Waals surface area contributed by atoms with E-state index < -0.39 is 17.6 Å². The number of alkyl halides is 3. The van der Waals surface area contributed by atoms with Crippen molar-refractivity contribution >= 4 is 0 Å². The second kappa shape index (κ2) is 4.77. The second-order valence-electron chi connectivity index (χ2n) is 3.95. The summed E-state index contributed by atoms with van der Waals surface area (Å²) in [5.74, 6) is 1.65. The Morgan fingerprint density at radius 3 is 2.26 bits per heavy atom. The average molecular weight is 264 g/mol. The van der Waals surface area contributed by atoms with Gasteiger partial charge in [-0.3, -0.25) is 0 Å². The SMILES string of the molecule is C#Cc1cc(-c2cccc(F)c2)cc(C(F)(F)F)c1. The third kappa shape index (κ3) is 2.94. The fraction of sp³-hybridized carbons (Fsp3) is 0.0667. The second-order valence-corrected chi connectivity index (χ2v) is 3.95. The summed E-state index contributed by atoms with van der Waals surface area (Å²) in [5, 5.41) is 0. The molecule has 0 spiro atoms. The highest BCUT2D eigenvalue weighted by Gasteiger charge is 2.31. The van der Waals surface area contributed by atoms with E-state index in [-0.39, 0.29) is 11.1 Å². The summed E-state index contributed by atoms with van der Waals surface area (Å²) < 4.78 is 51.3. The molecule has 2 aromatic carbocycles. The highest BCUT2D eigenvalue weighted by Crippen LogP contribution is 2.33. The molecule has 19 heavy (non-hydrogen) atoms. The van der Waals surface area contributed by atoms with Crippen LogP contribution in [-0.4, -0.2) is 0 Å². The minimum Gasteiger partial charge on any atom is -0.207 e. The van der Waals surface area contributed by atoms with Gasteiger partial charge in [-0.15, -0.1) is 6.42 Å². The molecule has 0 aliphatic heterocycles. The number of halogens is 4. The largest absolute Gasteiger partial charge is 0.416 e. The fourth-order valence-corrected chi connectivity index (χ4v) is 1.71. The first-order valence-corrected chi connectivity index (χ1v) is 5.35. The van der Waals surface area contributed by atoms with Crippen molar-refractivity contribution in [1.29, 1.82) is 0 Å². The molecule has 0 nitrogen and oxygen atoms in total. The van der Waals surface area contributed by atoms with Crippen LogP contribution in [0.1, 0.15) is 11.1 Å². The van der Waals surface area contributed by atoms with Crippen LogP contribution in [0, 0.1) is 18.2 Å². The lowest BCUT2D eigenvalue weighted by molar-refractivity contribution is -0.137. The fourth-order valence-electron chi connectivity index (χ4n) is 1.71. The summed E-state index contributed by atoms with van der Waals surface area (Å²) in [4.78, 5) is 0. The Balaban J connectivity index is 2.61. The first kappa shape index (κ1) is 13.2. The van der Waals surface area contributed by atoms with Crippen molar-refractivity contribution in [2.75, 3.05) is 0 Å². The van der Waals surface area contributed by atoms with Crippen LogP contribution < -0.4 is 0 Å². The van der Waals surface area contributed by atoms with Gasteiger partial charge in [-0.1, -0.05) is 18.1 Å². The quantitative estimate of drug-likeness (QED) is 0.525. The molecule has 0 heterocycles. The Morgan fingerprint density at radius 1 is 0.947 bits per heavy atom. The van der Waals surface area contributed by atoms with E-state index in [9.17, 15) is 17.6 Å². The van der Waals surface area contributed by atoms with Gasteiger partial charge in [-0.05, 0) is 41.5 Å². The van der Waals surface area contributed by atoms with E-state index in [0.29, 0.717) is 5.56 Å². The molecule has 0 aliphatic rings. The minimum atomic E-state index is -4.49. The minimum absolute atomic E-state index is 0.106. The topological polar surface area (TPSA) is 0 Å². The summed E-state index contributed by atoms with van der Waals surface area (Å²) in [7, 11) is 0. The van der Waals surface area contributed by atoms with Gasteiger partial charge in [0.1, 0.15) is 5.82 Å². The van der Waals surface area contributed by atoms with Gasteiger partial charge in [0.25, 0.3) is 0 Å². The van der Waals surface area contributed by atoms with E-state index in [4.69, 9.17) is 6.42 Å². The zero-order valence-electron chi connectivity index (χ0n) is 9.63. The lowest BCUT2D eigenvalue weighted by Crippen LogP contribution is -2.05. The van der Waals surface area contributed by atoms with Crippen molar-refractivity contribution in [2.45, 2.75) is 6.18 Å². The maximum absolute atomic E-state index is 13.1. The van der Waals surface area contributed by atoms with Crippen LogP contribution in [0.15, 0.2) is 42.5 Å². The number of rotatable bonds is 1. The molecule has 0 fully saturated rings. The van der Waals surface area contributed by atoms with Gasteiger partial charge in [-0.2, -0.15) is 13.2 Å². The first-order chi connectivity index (χ1) is 8.90. The van der Waals surface area contributed by atoms with Gasteiger partial charge >= 0.3 is 6.18 Å². The molecule has 0 radical (unpaired) electrons. The lowest BCUT2D eigenvalue weighted by atomic mass is 9.99. The molecule has 2 rings (SSSR count). The molecule has 0 unspecified atom stereocenters. The zero-order valence-corrected chi connectivity index (χ0v) is 9.63. The molecular formula is C15H8F4. The summed E-state index contributed by atoms with van der Waals surface area (Å²) in [5.41, 5.74) is -0.152. The Labute approximate surface area is 107 Å². The predicted molar refractivity (Wildman–Crippen MR) is 64.8 cm³/mol. The first-order valence-electron chi connectivity index (χ1n) is 5.35. The van der Waals surface area contributed by atoms with Gasteiger partial charge < -0.3 is 0 Å². The van der Waals surface area contributed by atoms with Crippen LogP contribution in [0.4, 0.5) is 17.6 Å². The lowest BCUT2D eigenvalue weighted by Gasteiger charge is -2.10. The van der Waals surface area contributed by atoms with Crippen molar-refractivity contribution in [3.05, 3.63) is 59.4 Å². The molecule has 0 saturated carbocycles. The van der Waals surface area contributed by atoms with Crippen LogP contribution in [-0.2, 0) is 6.18 Å². The van der Waals surface area contributed by atoms with Gasteiger partial charge in [0, 0.05) is 5.56 Å².